The molecule has 0 unspecified atom stereocenters. The number of benzene rings is 1. The first-order valence-corrected chi connectivity index (χ1v) is 6.99. The minimum atomic E-state index is -0.917. The van der Waals surface area contributed by atoms with Gasteiger partial charge >= 0.3 is 5.97 Å². The molecule has 2 N–H and O–H groups in total. The highest BCUT2D eigenvalue weighted by Crippen LogP contribution is 2.24. The van der Waals surface area contributed by atoms with Gasteiger partial charge in [0.15, 0.2) is 0 Å². The van der Waals surface area contributed by atoms with E-state index in [9.17, 15) is 4.79 Å². The molecule has 0 bridgehead atoms. The van der Waals surface area contributed by atoms with Crippen LogP contribution in [0.5, 0.6) is 0 Å². The number of anilines is 1. The van der Waals surface area contributed by atoms with Crippen LogP contribution in [0.1, 0.15) is 37.7 Å². The third-order valence-electron chi connectivity index (χ3n) is 3.65. The third-order valence-corrected chi connectivity index (χ3v) is 3.65. The number of carboxylic acids is 1. The van der Waals surface area contributed by atoms with Crippen molar-refractivity contribution >= 4 is 17.7 Å². The summed E-state index contributed by atoms with van der Waals surface area (Å²) < 4.78 is 0. The molecule has 0 aromatic heterocycles. The minimum Gasteiger partial charge on any atom is -0.478 e. The first kappa shape index (κ1) is 13.7. The average molecular weight is 259 g/mol. The zero-order valence-corrected chi connectivity index (χ0v) is 11.1. The molecule has 0 aliphatic heterocycles. The lowest BCUT2D eigenvalue weighted by molar-refractivity contribution is -0.131. The van der Waals surface area contributed by atoms with Crippen LogP contribution in [0.3, 0.4) is 0 Å². The van der Waals surface area contributed by atoms with Gasteiger partial charge in [0.05, 0.1) is 0 Å². The van der Waals surface area contributed by atoms with E-state index < -0.39 is 5.97 Å². The molecule has 0 saturated heterocycles. The molecule has 1 saturated carbocycles. The molecule has 2 rings (SSSR count). The molecule has 0 spiro atoms. The summed E-state index contributed by atoms with van der Waals surface area (Å²) in [5.41, 5.74) is 2.02. The van der Waals surface area contributed by atoms with Gasteiger partial charge in [0.1, 0.15) is 0 Å². The van der Waals surface area contributed by atoms with Gasteiger partial charge in [0.2, 0.25) is 0 Å². The Labute approximate surface area is 114 Å². The molecule has 1 aliphatic carbocycles. The van der Waals surface area contributed by atoms with Crippen LogP contribution in [0.15, 0.2) is 30.3 Å². The van der Waals surface area contributed by atoms with Crippen molar-refractivity contribution in [2.45, 2.75) is 32.1 Å². The summed E-state index contributed by atoms with van der Waals surface area (Å²) in [6.45, 7) is 1.05. The van der Waals surface area contributed by atoms with E-state index in [0.29, 0.717) is 0 Å². The lowest BCUT2D eigenvalue weighted by atomic mass is 9.89. The van der Waals surface area contributed by atoms with Gasteiger partial charge in [-0.15, -0.1) is 0 Å². The Hall–Kier alpha value is -1.77. The number of hydrogen-bond donors (Lipinski definition) is 2. The predicted octanol–water partition coefficient (Wildman–Crippen LogP) is 3.78. The van der Waals surface area contributed by atoms with E-state index >= 15 is 0 Å². The molecule has 0 amide bonds. The molecule has 3 heteroatoms. The van der Waals surface area contributed by atoms with Crippen LogP contribution in [0.25, 0.3) is 6.08 Å². The highest BCUT2D eigenvalue weighted by atomic mass is 16.4. The second kappa shape index (κ2) is 6.98. The summed E-state index contributed by atoms with van der Waals surface area (Å²) in [5, 5.41) is 12.0. The Morgan fingerprint density at radius 2 is 1.89 bits per heavy atom. The van der Waals surface area contributed by atoms with E-state index in [2.05, 4.69) is 5.32 Å². The quantitative estimate of drug-likeness (QED) is 0.791. The molecule has 102 valence electrons. The lowest BCUT2D eigenvalue weighted by Gasteiger charge is -2.22. The molecule has 19 heavy (non-hydrogen) atoms. The van der Waals surface area contributed by atoms with Crippen LogP contribution in [0.4, 0.5) is 5.69 Å². The van der Waals surface area contributed by atoms with E-state index in [1.54, 1.807) is 6.08 Å². The number of nitrogens with one attached hydrogen (secondary N) is 1. The molecule has 3 nitrogen and oxygen atoms in total. The Morgan fingerprint density at radius 3 is 2.53 bits per heavy atom. The summed E-state index contributed by atoms with van der Waals surface area (Å²) >= 11 is 0. The van der Waals surface area contributed by atoms with Gasteiger partial charge in [-0.3, -0.25) is 0 Å². The molecule has 0 radical (unpaired) electrons. The third kappa shape index (κ3) is 4.78. The Morgan fingerprint density at radius 1 is 1.21 bits per heavy atom. The number of carbonyl (C=O) groups is 1. The van der Waals surface area contributed by atoms with E-state index in [0.717, 1.165) is 29.8 Å². The van der Waals surface area contributed by atoms with Crippen LogP contribution in [-0.4, -0.2) is 17.6 Å². The SMILES string of the molecule is O=C(O)C=Cc1ccc(NCC2CCCCC2)cc1. The molecular formula is C16H21NO2. The van der Waals surface area contributed by atoms with Crippen molar-refractivity contribution in [3.8, 4) is 0 Å². The molecular weight excluding hydrogens is 238 g/mol. The summed E-state index contributed by atoms with van der Waals surface area (Å²) in [6, 6.07) is 7.87. The van der Waals surface area contributed by atoms with Crippen molar-refractivity contribution in [1.82, 2.24) is 0 Å². The highest BCUT2D eigenvalue weighted by molar-refractivity contribution is 5.85. The van der Waals surface area contributed by atoms with Crippen molar-refractivity contribution in [2.75, 3.05) is 11.9 Å². The van der Waals surface area contributed by atoms with Gasteiger partial charge in [-0.05, 0) is 42.5 Å². The van der Waals surface area contributed by atoms with Gasteiger partial charge < -0.3 is 10.4 Å². The summed E-state index contributed by atoms with van der Waals surface area (Å²) in [6.07, 6.45) is 9.56. The molecule has 1 fully saturated rings. The Balaban J connectivity index is 1.82. The fourth-order valence-electron chi connectivity index (χ4n) is 2.53. The van der Waals surface area contributed by atoms with Crippen molar-refractivity contribution in [3.05, 3.63) is 35.9 Å². The summed E-state index contributed by atoms with van der Waals surface area (Å²) in [7, 11) is 0. The standard InChI is InChI=1S/C16H21NO2/c18-16(19)11-8-13-6-9-15(10-7-13)17-12-14-4-2-1-3-5-14/h6-11,14,17H,1-5,12H2,(H,18,19). The molecule has 0 atom stereocenters. The maximum Gasteiger partial charge on any atom is 0.328 e. The Kier molecular flexibility index (Phi) is 5.01. The molecule has 1 aliphatic rings. The first-order valence-electron chi connectivity index (χ1n) is 6.99. The molecule has 0 heterocycles. The topological polar surface area (TPSA) is 49.3 Å². The molecule has 1 aromatic rings. The maximum atomic E-state index is 10.4. The fourth-order valence-corrected chi connectivity index (χ4v) is 2.53. The number of aliphatic carboxylic acids is 1. The zero-order valence-electron chi connectivity index (χ0n) is 11.1. The maximum absolute atomic E-state index is 10.4. The summed E-state index contributed by atoms with van der Waals surface area (Å²) in [5.74, 6) is -0.111. The van der Waals surface area contributed by atoms with E-state index in [1.165, 1.54) is 32.1 Å². The normalized spacial score (nSPS) is 16.6. The Bertz CT molecular complexity index is 431. The van der Waals surface area contributed by atoms with Gasteiger partial charge in [-0.25, -0.2) is 4.79 Å². The largest absolute Gasteiger partial charge is 0.478 e. The van der Waals surface area contributed by atoms with Gasteiger partial charge in [-0.2, -0.15) is 0 Å². The van der Waals surface area contributed by atoms with Crippen molar-refractivity contribution < 1.29 is 9.90 Å². The monoisotopic (exact) mass is 259 g/mol. The van der Waals surface area contributed by atoms with Crippen LogP contribution >= 0.6 is 0 Å². The number of carboxylic acid groups (broad SMARTS) is 1. The summed E-state index contributed by atoms with van der Waals surface area (Å²) in [4.78, 5) is 10.4. The van der Waals surface area contributed by atoms with E-state index in [-0.39, 0.29) is 0 Å². The minimum absolute atomic E-state index is 0.806. The second-order valence-electron chi connectivity index (χ2n) is 5.18. The van der Waals surface area contributed by atoms with E-state index in [1.807, 2.05) is 24.3 Å². The van der Waals surface area contributed by atoms with Crippen LogP contribution in [0, 0.1) is 5.92 Å². The highest BCUT2D eigenvalue weighted by Gasteiger charge is 2.12. The van der Waals surface area contributed by atoms with Crippen molar-refractivity contribution in [3.63, 3.8) is 0 Å². The zero-order chi connectivity index (χ0) is 13.5. The average Bonchev–Trinajstić information content (AvgIpc) is 2.45. The van der Waals surface area contributed by atoms with Gasteiger partial charge in [0, 0.05) is 18.3 Å². The predicted molar refractivity (Wildman–Crippen MR) is 78.2 cm³/mol. The van der Waals surface area contributed by atoms with Crippen LogP contribution in [0.2, 0.25) is 0 Å². The van der Waals surface area contributed by atoms with Crippen molar-refractivity contribution in [2.24, 2.45) is 5.92 Å². The first-order chi connectivity index (χ1) is 9.24. The van der Waals surface area contributed by atoms with Crippen LogP contribution < -0.4 is 5.32 Å². The van der Waals surface area contributed by atoms with E-state index in [4.69, 9.17) is 5.11 Å². The lowest BCUT2D eigenvalue weighted by Crippen LogP contribution is -2.16. The number of rotatable bonds is 5. The molecule has 1 aromatic carbocycles. The van der Waals surface area contributed by atoms with Crippen LogP contribution in [-0.2, 0) is 4.79 Å². The van der Waals surface area contributed by atoms with Gasteiger partial charge in [-0.1, -0.05) is 31.4 Å². The smallest absolute Gasteiger partial charge is 0.328 e. The van der Waals surface area contributed by atoms with Crippen molar-refractivity contribution in [1.29, 1.82) is 0 Å². The van der Waals surface area contributed by atoms with Gasteiger partial charge in [0.25, 0.3) is 0 Å². The number of hydrogen-bond acceptors (Lipinski definition) is 2. The fraction of sp³-hybridized carbons (Fsp3) is 0.438. The second-order valence-corrected chi connectivity index (χ2v) is 5.18.